The minimum Gasteiger partial charge on any atom is -0.385 e. The van der Waals surface area contributed by atoms with E-state index in [0.29, 0.717) is 13.0 Å². The lowest BCUT2D eigenvalue weighted by atomic mass is 10.1. The van der Waals surface area contributed by atoms with Crippen LogP contribution < -0.4 is 11.1 Å². The second kappa shape index (κ2) is 6.55. The minimum atomic E-state index is -0.458. The molecule has 0 aliphatic carbocycles. The van der Waals surface area contributed by atoms with Gasteiger partial charge in [0.15, 0.2) is 0 Å². The molecule has 1 aromatic rings. The van der Waals surface area contributed by atoms with Crippen LogP contribution in [0.2, 0.25) is 0 Å². The highest BCUT2D eigenvalue weighted by Gasteiger charge is 2.12. The number of thiophene rings is 1. The summed E-state index contributed by atoms with van der Waals surface area (Å²) < 4.78 is 4.89. The van der Waals surface area contributed by atoms with Gasteiger partial charge in [-0.2, -0.15) is 11.3 Å². The summed E-state index contributed by atoms with van der Waals surface area (Å²) in [5.41, 5.74) is 6.52. The molecule has 0 aliphatic rings. The van der Waals surface area contributed by atoms with Crippen molar-refractivity contribution >= 4 is 22.9 Å². The molecule has 0 fully saturated rings. The van der Waals surface area contributed by atoms with Gasteiger partial charge in [0, 0.05) is 19.1 Å². The number of ether oxygens (including phenoxy) is 1. The lowest BCUT2D eigenvalue weighted by molar-refractivity contribution is -0.117. The van der Waals surface area contributed by atoms with E-state index in [0.717, 1.165) is 12.1 Å². The molecule has 3 N–H and O–H groups in total. The maximum atomic E-state index is 11.5. The summed E-state index contributed by atoms with van der Waals surface area (Å²) in [6.45, 7) is 0.638. The molecular formula is C10H16N2O2S. The van der Waals surface area contributed by atoms with E-state index in [1.54, 1.807) is 7.11 Å². The monoisotopic (exact) mass is 228 g/mol. The molecule has 5 heteroatoms. The van der Waals surface area contributed by atoms with Crippen molar-refractivity contribution in [2.45, 2.75) is 18.9 Å². The molecular weight excluding hydrogens is 212 g/mol. The molecule has 1 atom stereocenters. The summed E-state index contributed by atoms with van der Waals surface area (Å²) >= 11 is 1.54. The first-order chi connectivity index (χ1) is 7.24. The second-order valence-corrected chi connectivity index (χ2v) is 4.02. The molecule has 1 heterocycles. The Bertz CT molecular complexity index is 288. The van der Waals surface area contributed by atoms with Crippen molar-refractivity contribution in [3.05, 3.63) is 16.8 Å². The van der Waals surface area contributed by atoms with E-state index in [1.807, 2.05) is 16.8 Å². The number of carbonyl (C=O) groups excluding carboxylic acids is 1. The Morgan fingerprint density at radius 1 is 1.73 bits per heavy atom. The summed E-state index contributed by atoms with van der Waals surface area (Å²) in [6, 6.07) is 1.39. The molecule has 0 saturated heterocycles. The highest BCUT2D eigenvalue weighted by Crippen LogP contribution is 2.12. The normalized spacial score (nSPS) is 12.4. The lowest BCUT2D eigenvalue weighted by Crippen LogP contribution is -2.35. The second-order valence-electron chi connectivity index (χ2n) is 3.24. The van der Waals surface area contributed by atoms with Crippen molar-refractivity contribution in [1.29, 1.82) is 0 Å². The van der Waals surface area contributed by atoms with Crippen LogP contribution in [0.25, 0.3) is 0 Å². The molecule has 0 aliphatic heterocycles. The standard InChI is InChI=1S/C10H16N2O2S/c1-14-5-2-3-9(11)10(13)12-8-4-6-15-7-8/h4,6-7,9H,2-3,5,11H2,1H3,(H,12,13). The zero-order valence-corrected chi connectivity index (χ0v) is 9.55. The molecule has 15 heavy (non-hydrogen) atoms. The van der Waals surface area contributed by atoms with Crippen LogP contribution in [0.5, 0.6) is 0 Å². The first-order valence-corrected chi connectivity index (χ1v) is 5.76. The molecule has 0 bridgehead atoms. The molecule has 0 aromatic carbocycles. The Morgan fingerprint density at radius 2 is 2.53 bits per heavy atom. The van der Waals surface area contributed by atoms with Gasteiger partial charge in [0.25, 0.3) is 0 Å². The van der Waals surface area contributed by atoms with Gasteiger partial charge in [-0.3, -0.25) is 4.79 Å². The molecule has 1 aromatic heterocycles. The quantitative estimate of drug-likeness (QED) is 0.724. The van der Waals surface area contributed by atoms with Crippen molar-refractivity contribution in [3.8, 4) is 0 Å². The van der Waals surface area contributed by atoms with Crippen LogP contribution in [-0.4, -0.2) is 25.7 Å². The zero-order valence-electron chi connectivity index (χ0n) is 8.73. The van der Waals surface area contributed by atoms with Crippen molar-refractivity contribution in [3.63, 3.8) is 0 Å². The maximum absolute atomic E-state index is 11.5. The summed E-state index contributed by atoms with van der Waals surface area (Å²) in [4.78, 5) is 11.5. The van der Waals surface area contributed by atoms with E-state index in [-0.39, 0.29) is 5.91 Å². The summed E-state index contributed by atoms with van der Waals surface area (Å²) in [5, 5.41) is 6.54. The molecule has 0 radical (unpaired) electrons. The minimum absolute atomic E-state index is 0.135. The van der Waals surface area contributed by atoms with Gasteiger partial charge in [-0.1, -0.05) is 0 Å². The molecule has 4 nitrogen and oxygen atoms in total. The molecule has 1 amide bonds. The van der Waals surface area contributed by atoms with E-state index in [9.17, 15) is 4.79 Å². The number of carbonyl (C=O) groups is 1. The van der Waals surface area contributed by atoms with Crippen LogP contribution in [0, 0.1) is 0 Å². The fraction of sp³-hybridized carbons (Fsp3) is 0.500. The first-order valence-electron chi connectivity index (χ1n) is 4.81. The van der Waals surface area contributed by atoms with Gasteiger partial charge >= 0.3 is 0 Å². The highest BCUT2D eigenvalue weighted by atomic mass is 32.1. The van der Waals surface area contributed by atoms with Gasteiger partial charge in [-0.15, -0.1) is 0 Å². The number of nitrogens with one attached hydrogen (secondary N) is 1. The van der Waals surface area contributed by atoms with Crippen LogP contribution in [0.4, 0.5) is 5.69 Å². The Labute approximate surface area is 93.4 Å². The number of amides is 1. The zero-order chi connectivity index (χ0) is 11.1. The number of nitrogens with two attached hydrogens (primary N) is 1. The Morgan fingerprint density at radius 3 is 3.13 bits per heavy atom. The summed E-state index contributed by atoms with van der Waals surface area (Å²) in [5.74, 6) is -0.135. The summed E-state index contributed by atoms with van der Waals surface area (Å²) in [7, 11) is 1.64. The van der Waals surface area contributed by atoms with Gasteiger partial charge in [-0.05, 0) is 24.3 Å². The third-order valence-electron chi connectivity index (χ3n) is 1.99. The van der Waals surface area contributed by atoms with Crippen molar-refractivity contribution in [1.82, 2.24) is 0 Å². The SMILES string of the molecule is COCCCC(N)C(=O)Nc1ccsc1. The Kier molecular flexibility index (Phi) is 5.31. The fourth-order valence-electron chi connectivity index (χ4n) is 1.15. The van der Waals surface area contributed by atoms with Crippen molar-refractivity contribution in [2.24, 2.45) is 5.73 Å². The van der Waals surface area contributed by atoms with E-state index >= 15 is 0 Å². The molecule has 84 valence electrons. The largest absolute Gasteiger partial charge is 0.385 e. The van der Waals surface area contributed by atoms with Crippen LogP contribution >= 0.6 is 11.3 Å². The number of anilines is 1. The average molecular weight is 228 g/mol. The van der Waals surface area contributed by atoms with Gasteiger partial charge in [0.05, 0.1) is 11.7 Å². The van der Waals surface area contributed by atoms with E-state index in [4.69, 9.17) is 10.5 Å². The van der Waals surface area contributed by atoms with Crippen LogP contribution in [0.15, 0.2) is 16.8 Å². The third-order valence-corrected chi connectivity index (χ3v) is 2.67. The van der Waals surface area contributed by atoms with Gasteiger partial charge in [0.1, 0.15) is 0 Å². The smallest absolute Gasteiger partial charge is 0.241 e. The average Bonchev–Trinajstić information content (AvgIpc) is 2.70. The molecule has 0 saturated carbocycles. The number of hydrogen-bond donors (Lipinski definition) is 2. The molecule has 0 spiro atoms. The fourth-order valence-corrected chi connectivity index (χ4v) is 1.74. The highest BCUT2D eigenvalue weighted by molar-refractivity contribution is 7.08. The van der Waals surface area contributed by atoms with Gasteiger partial charge in [0.2, 0.25) is 5.91 Å². The van der Waals surface area contributed by atoms with Crippen LogP contribution in [0.1, 0.15) is 12.8 Å². The van der Waals surface area contributed by atoms with Crippen molar-refractivity contribution in [2.75, 3.05) is 19.0 Å². The summed E-state index contributed by atoms with van der Waals surface area (Å²) in [6.07, 6.45) is 1.44. The topological polar surface area (TPSA) is 64.3 Å². The Balaban J connectivity index is 2.27. The number of hydrogen-bond acceptors (Lipinski definition) is 4. The first kappa shape index (κ1) is 12.2. The number of rotatable bonds is 6. The predicted molar refractivity (Wildman–Crippen MR) is 62.0 cm³/mol. The van der Waals surface area contributed by atoms with Crippen molar-refractivity contribution < 1.29 is 9.53 Å². The lowest BCUT2D eigenvalue weighted by Gasteiger charge is -2.10. The van der Waals surface area contributed by atoms with Gasteiger partial charge < -0.3 is 15.8 Å². The molecule has 1 unspecified atom stereocenters. The van der Waals surface area contributed by atoms with E-state index in [2.05, 4.69) is 5.32 Å². The Hall–Kier alpha value is -0.910. The third kappa shape index (κ3) is 4.42. The van der Waals surface area contributed by atoms with E-state index in [1.165, 1.54) is 11.3 Å². The van der Waals surface area contributed by atoms with Crippen LogP contribution in [-0.2, 0) is 9.53 Å². The van der Waals surface area contributed by atoms with E-state index < -0.39 is 6.04 Å². The van der Waals surface area contributed by atoms with Gasteiger partial charge in [-0.25, -0.2) is 0 Å². The molecule has 1 rings (SSSR count). The maximum Gasteiger partial charge on any atom is 0.241 e. The predicted octanol–water partition coefficient (Wildman–Crippen LogP) is 1.44. The number of methoxy groups -OCH3 is 1. The van der Waals surface area contributed by atoms with Crippen LogP contribution in [0.3, 0.4) is 0 Å².